The summed E-state index contributed by atoms with van der Waals surface area (Å²) >= 11 is 0. The molecule has 0 atom stereocenters. The molecule has 0 radical (unpaired) electrons. The first-order chi connectivity index (χ1) is 10.5. The first kappa shape index (κ1) is 14.1. The van der Waals surface area contributed by atoms with Crippen LogP contribution in [0.4, 0.5) is 8.78 Å². The average molecular weight is 299 g/mol. The van der Waals surface area contributed by atoms with Crippen LogP contribution in [0.1, 0.15) is 16.7 Å². The second-order valence-corrected chi connectivity index (χ2v) is 4.87. The third-order valence-corrected chi connectivity index (χ3v) is 3.17. The van der Waals surface area contributed by atoms with Crippen molar-refractivity contribution in [2.24, 2.45) is 4.99 Å². The van der Waals surface area contributed by atoms with Gasteiger partial charge < -0.3 is 4.74 Å². The van der Waals surface area contributed by atoms with Crippen molar-refractivity contribution in [3.63, 3.8) is 0 Å². The summed E-state index contributed by atoms with van der Waals surface area (Å²) in [6, 6.07) is 10.4. The van der Waals surface area contributed by atoms with Crippen LogP contribution in [0.25, 0.3) is 6.08 Å². The highest BCUT2D eigenvalue weighted by Gasteiger charge is 2.24. The lowest BCUT2D eigenvalue weighted by molar-refractivity contribution is -0.129. The van der Waals surface area contributed by atoms with Crippen LogP contribution < -0.4 is 0 Å². The number of carbonyl (C=O) groups excluding carboxylic acids is 1. The van der Waals surface area contributed by atoms with Crippen LogP contribution >= 0.6 is 0 Å². The smallest absolute Gasteiger partial charge is 0.363 e. The number of rotatable bonds is 2. The lowest BCUT2D eigenvalue weighted by Crippen LogP contribution is -2.05. The van der Waals surface area contributed by atoms with E-state index in [0.717, 1.165) is 17.7 Å². The van der Waals surface area contributed by atoms with E-state index in [-0.39, 0.29) is 17.2 Å². The summed E-state index contributed by atoms with van der Waals surface area (Å²) in [5, 5.41) is 0. The Balaban J connectivity index is 1.95. The number of hydrogen-bond acceptors (Lipinski definition) is 3. The predicted molar refractivity (Wildman–Crippen MR) is 78.1 cm³/mol. The molecule has 0 aliphatic carbocycles. The van der Waals surface area contributed by atoms with Gasteiger partial charge in [0.05, 0.1) is 0 Å². The number of ether oxygens (including phenoxy) is 1. The Morgan fingerprint density at radius 2 is 1.82 bits per heavy atom. The Labute approximate surface area is 125 Å². The molecule has 0 N–H and O–H groups in total. The number of nitrogens with zero attached hydrogens (tertiary/aromatic N) is 1. The van der Waals surface area contributed by atoms with Gasteiger partial charge in [-0.15, -0.1) is 0 Å². The van der Waals surface area contributed by atoms with Crippen LogP contribution in [0.2, 0.25) is 0 Å². The van der Waals surface area contributed by atoms with E-state index in [0.29, 0.717) is 5.56 Å². The maximum atomic E-state index is 13.6. The van der Waals surface area contributed by atoms with Crippen LogP contribution in [0, 0.1) is 18.6 Å². The number of cyclic esters (lactones) is 1. The van der Waals surface area contributed by atoms with Crippen molar-refractivity contribution in [3.8, 4) is 0 Å². The zero-order valence-corrected chi connectivity index (χ0v) is 11.6. The Kier molecular flexibility index (Phi) is 3.55. The van der Waals surface area contributed by atoms with Gasteiger partial charge in [0.15, 0.2) is 5.70 Å². The molecule has 110 valence electrons. The summed E-state index contributed by atoms with van der Waals surface area (Å²) in [5.41, 5.74) is 1.77. The van der Waals surface area contributed by atoms with E-state index in [1.165, 1.54) is 12.1 Å². The van der Waals surface area contributed by atoms with Crippen molar-refractivity contribution in [2.75, 3.05) is 0 Å². The van der Waals surface area contributed by atoms with Crippen molar-refractivity contribution in [1.82, 2.24) is 0 Å². The zero-order valence-electron chi connectivity index (χ0n) is 11.6. The molecule has 0 spiro atoms. The molecule has 2 aromatic rings. The molecule has 5 heteroatoms. The van der Waals surface area contributed by atoms with E-state index < -0.39 is 17.6 Å². The second kappa shape index (κ2) is 5.52. The van der Waals surface area contributed by atoms with Crippen molar-refractivity contribution in [2.45, 2.75) is 6.92 Å². The van der Waals surface area contributed by atoms with Gasteiger partial charge in [-0.1, -0.05) is 17.7 Å². The number of halogens is 2. The maximum absolute atomic E-state index is 13.6. The van der Waals surface area contributed by atoms with E-state index >= 15 is 0 Å². The van der Waals surface area contributed by atoms with Crippen LogP contribution in [0.15, 0.2) is 53.2 Å². The van der Waals surface area contributed by atoms with Gasteiger partial charge >= 0.3 is 5.97 Å². The van der Waals surface area contributed by atoms with Crippen LogP contribution in [0.5, 0.6) is 0 Å². The number of aliphatic imine (C=N–C) groups is 1. The minimum Gasteiger partial charge on any atom is -0.402 e. The highest BCUT2D eigenvalue weighted by atomic mass is 19.1. The maximum Gasteiger partial charge on any atom is 0.363 e. The number of hydrogen-bond donors (Lipinski definition) is 0. The summed E-state index contributed by atoms with van der Waals surface area (Å²) in [5.74, 6) is -1.95. The topological polar surface area (TPSA) is 38.7 Å². The lowest BCUT2D eigenvalue weighted by Gasteiger charge is -1.99. The van der Waals surface area contributed by atoms with Crippen molar-refractivity contribution in [3.05, 3.63) is 76.5 Å². The molecule has 22 heavy (non-hydrogen) atoms. The first-order valence-corrected chi connectivity index (χ1v) is 6.57. The highest BCUT2D eigenvalue weighted by Crippen LogP contribution is 2.21. The van der Waals surface area contributed by atoms with Crippen LogP contribution in [0.3, 0.4) is 0 Å². The van der Waals surface area contributed by atoms with Gasteiger partial charge in [0.2, 0.25) is 5.90 Å². The fourth-order valence-electron chi connectivity index (χ4n) is 1.99. The van der Waals surface area contributed by atoms with Crippen molar-refractivity contribution < 1.29 is 18.3 Å². The van der Waals surface area contributed by atoms with Crippen molar-refractivity contribution in [1.29, 1.82) is 0 Å². The Morgan fingerprint density at radius 3 is 2.50 bits per heavy atom. The van der Waals surface area contributed by atoms with E-state index in [1.807, 2.05) is 19.1 Å². The molecular weight excluding hydrogens is 288 g/mol. The van der Waals surface area contributed by atoms with E-state index in [9.17, 15) is 13.6 Å². The van der Waals surface area contributed by atoms with Crippen LogP contribution in [-0.4, -0.2) is 11.9 Å². The molecule has 0 saturated carbocycles. The normalized spacial score (nSPS) is 15.9. The first-order valence-electron chi connectivity index (χ1n) is 6.57. The largest absolute Gasteiger partial charge is 0.402 e. The Bertz CT molecular complexity index is 808. The van der Waals surface area contributed by atoms with E-state index in [1.54, 1.807) is 12.1 Å². The van der Waals surface area contributed by atoms with Crippen LogP contribution in [-0.2, 0) is 9.53 Å². The molecule has 1 aliphatic rings. The predicted octanol–water partition coefficient (Wildman–Crippen LogP) is 3.62. The highest BCUT2D eigenvalue weighted by molar-refractivity contribution is 6.12. The number of aryl methyl sites for hydroxylation is 1. The molecule has 0 fully saturated rings. The Hall–Kier alpha value is -2.82. The molecule has 0 unspecified atom stereocenters. The number of carbonyl (C=O) groups is 1. The third-order valence-electron chi connectivity index (χ3n) is 3.17. The standard InChI is InChI=1S/C17H11F2NO2/c1-10-2-4-11(5-3-10)16-20-15(17(21)22-16)8-12-6-7-13(18)9-14(12)19/h2-9H,1H3/b15-8-. The molecule has 1 heterocycles. The summed E-state index contributed by atoms with van der Waals surface area (Å²) in [6.07, 6.45) is 1.23. The van der Waals surface area contributed by atoms with Gasteiger partial charge in [0.1, 0.15) is 11.6 Å². The van der Waals surface area contributed by atoms with E-state index in [4.69, 9.17) is 4.74 Å². The quantitative estimate of drug-likeness (QED) is 0.627. The molecule has 0 bridgehead atoms. The number of benzene rings is 2. The second-order valence-electron chi connectivity index (χ2n) is 4.87. The lowest BCUT2D eigenvalue weighted by atomic mass is 10.1. The molecule has 1 aliphatic heterocycles. The van der Waals surface area contributed by atoms with Gasteiger partial charge in [-0.2, -0.15) is 0 Å². The summed E-state index contributed by atoms with van der Waals surface area (Å²) in [6.45, 7) is 1.94. The van der Waals surface area contributed by atoms with E-state index in [2.05, 4.69) is 4.99 Å². The fraction of sp³-hybridized carbons (Fsp3) is 0.0588. The average Bonchev–Trinajstić information content (AvgIpc) is 2.84. The molecule has 3 nitrogen and oxygen atoms in total. The summed E-state index contributed by atoms with van der Waals surface area (Å²) in [7, 11) is 0. The summed E-state index contributed by atoms with van der Waals surface area (Å²) < 4.78 is 31.6. The minimum absolute atomic E-state index is 0.0268. The van der Waals surface area contributed by atoms with Gasteiger partial charge in [0.25, 0.3) is 0 Å². The molecular formula is C17H11F2NO2. The third kappa shape index (κ3) is 2.79. The Morgan fingerprint density at radius 1 is 1.09 bits per heavy atom. The SMILES string of the molecule is Cc1ccc(C2=N/C(=C\c3ccc(F)cc3F)C(=O)O2)cc1. The van der Waals surface area contributed by atoms with Gasteiger partial charge in [0, 0.05) is 17.2 Å². The molecule has 0 saturated heterocycles. The summed E-state index contributed by atoms with van der Waals surface area (Å²) in [4.78, 5) is 15.9. The molecule has 3 rings (SSSR count). The fourth-order valence-corrected chi connectivity index (χ4v) is 1.99. The van der Waals surface area contributed by atoms with Gasteiger partial charge in [-0.25, -0.2) is 18.6 Å². The molecule has 0 aromatic heterocycles. The molecule has 0 amide bonds. The van der Waals surface area contributed by atoms with Gasteiger partial charge in [-0.05, 0) is 37.3 Å². The van der Waals surface area contributed by atoms with Gasteiger partial charge in [-0.3, -0.25) is 0 Å². The number of esters is 1. The molecule has 2 aromatic carbocycles. The monoisotopic (exact) mass is 299 g/mol. The zero-order chi connectivity index (χ0) is 15.7. The van der Waals surface area contributed by atoms with Crippen molar-refractivity contribution >= 4 is 17.9 Å². The minimum atomic E-state index is -0.765.